The molecule has 0 saturated heterocycles. The molecule has 0 bridgehead atoms. The number of aliphatic hydroxyl groups excluding tert-OH is 2. The lowest BCUT2D eigenvalue weighted by Crippen LogP contribution is -2.21. The van der Waals surface area contributed by atoms with Crippen molar-refractivity contribution in [1.29, 1.82) is 0 Å². The summed E-state index contributed by atoms with van der Waals surface area (Å²) < 4.78 is 12.9. The smallest absolute Gasteiger partial charge is 0.336 e. The van der Waals surface area contributed by atoms with Crippen LogP contribution in [0.25, 0.3) is 0 Å². The van der Waals surface area contributed by atoms with E-state index in [2.05, 4.69) is 12.6 Å². The Morgan fingerprint density at radius 1 is 1.41 bits per heavy atom. The van der Waals surface area contributed by atoms with Crippen molar-refractivity contribution in [2.75, 3.05) is 5.75 Å². The predicted octanol–water partition coefficient (Wildman–Crippen LogP) is 1.24. The van der Waals surface area contributed by atoms with Crippen molar-refractivity contribution < 1.29 is 24.5 Å². The van der Waals surface area contributed by atoms with Gasteiger partial charge in [-0.1, -0.05) is 6.07 Å². The van der Waals surface area contributed by atoms with Crippen molar-refractivity contribution in [1.82, 2.24) is 0 Å². The van der Waals surface area contributed by atoms with Crippen LogP contribution < -0.4 is 0 Å². The maximum Gasteiger partial charge on any atom is 0.336 e. The molecule has 2 atom stereocenters. The molecule has 0 saturated carbocycles. The second-order valence-electron chi connectivity index (χ2n) is 3.56. The molecule has 94 valence electrons. The number of carbonyl (C=O) groups is 1. The summed E-state index contributed by atoms with van der Waals surface area (Å²) in [6.07, 6.45) is -2.29. The molecule has 17 heavy (non-hydrogen) atoms. The van der Waals surface area contributed by atoms with E-state index in [0.29, 0.717) is 5.75 Å². The van der Waals surface area contributed by atoms with Crippen LogP contribution in [-0.2, 0) is 0 Å². The average molecular weight is 260 g/mol. The lowest BCUT2D eigenvalue weighted by Gasteiger charge is -2.19. The monoisotopic (exact) mass is 260 g/mol. The van der Waals surface area contributed by atoms with Crippen molar-refractivity contribution in [2.45, 2.75) is 18.6 Å². The van der Waals surface area contributed by atoms with Gasteiger partial charge >= 0.3 is 5.97 Å². The van der Waals surface area contributed by atoms with E-state index in [0.717, 1.165) is 18.2 Å². The summed E-state index contributed by atoms with van der Waals surface area (Å²) in [6, 6.07) is 3.01. The SMILES string of the molecule is O=C(O)c1cc(F)ccc1C(O)C(O)CCS. The van der Waals surface area contributed by atoms with Crippen LogP contribution in [-0.4, -0.2) is 33.1 Å². The van der Waals surface area contributed by atoms with Crippen LogP contribution in [0.3, 0.4) is 0 Å². The van der Waals surface area contributed by atoms with E-state index < -0.39 is 24.0 Å². The maximum atomic E-state index is 12.9. The molecule has 1 aromatic carbocycles. The number of thiol groups is 1. The Hall–Kier alpha value is -1.11. The van der Waals surface area contributed by atoms with Gasteiger partial charge in [0.2, 0.25) is 0 Å². The number of aromatic carboxylic acids is 1. The second-order valence-corrected chi connectivity index (χ2v) is 4.01. The normalized spacial score (nSPS) is 14.4. The lowest BCUT2D eigenvalue weighted by atomic mass is 9.97. The summed E-state index contributed by atoms with van der Waals surface area (Å²) in [5.41, 5.74) is -0.358. The van der Waals surface area contributed by atoms with E-state index in [1.807, 2.05) is 0 Å². The Morgan fingerprint density at radius 3 is 2.59 bits per heavy atom. The Kier molecular flexibility index (Phi) is 4.92. The first-order valence-corrected chi connectivity index (χ1v) is 5.60. The summed E-state index contributed by atoms with van der Waals surface area (Å²) in [5.74, 6) is -1.71. The lowest BCUT2D eigenvalue weighted by molar-refractivity contribution is 0.0162. The van der Waals surface area contributed by atoms with Gasteiger partial charge in [0.15, 0.2) is 0 Å². The molecule has 0 aliphatic heterocycles. The minimum absolute atomic E-state index is 0.00631. The molecule has 0 heterocycles. The zero-order valence-electron chi connectivity index (χ0n) is 8.88. The topological polar surface area (TPSA) is 77.8 Å². The molecule has 0 spiro atoms. The first-order valence-electron chi connectivity index (χ1n) is 4.97. The summed E-state index contributed by atoms with van der Waals surface area (Å²) in [7, 11) is 0. The zero-order valence-corrected chi connectivity index (χ0v) is 9.77. The van der Waals surface area contributed by atoms with E-state index in [9.17, 15) is 19.4 Å². The van der Waals surface area contributed by atoms with Gasteiger partial charge in [-0.25, -0.2) is 9.18 Å². The Balaban J connectivity index is 3.08. The molecule has 0 amide bonds. The van der Waals surface area contributed by atoms with Crippen molar-refractivity contribution in [3.8, 4) is 0 Å². The van der Waals surface area contributed by atoms with E-state index in [4.69, 9.17) is 5.11 Å². The molecule has 0 aromatic heterocycles. The van der Waals surface area contributed by atoms with Gasteiger partial charge in [0.05, 0.1) is 11.7 Å². The van der Waals surface area contributed by atoms with E-state index >= 15 is 0 Å². The number of halogens is 1. The van der Waals surface area contributed by atoms with Crippen molar-refractivity contribution >= 4 is 18.6 Å². The second kappa shape index (κ2) is 6.00. The van der Waals surface area contributed by atoms with Crippen LogP contribution in [0.1, 0.15) is 28.4 Å². The number of carboxylic acids is 1. The quantitative estimate of drug-likeness (QED) is 0.601. The summed E-state index contributed by atoms with van der Waals surface area (Å²) in [5, 5.41) is 28.2. The van der Waals surface area contributed by atoms with E-state index in [1.165, 1.54) is 0 Å². The molecule has 0 fully saturated rings. The largest absolute Gasteiger partial charge is 0.478 e. The van der Waals surface area contributed by atoms with Gasteiger partial charge in [-0.05, 0) is 29.9 Å². The number of hydrogen-bond donors (Lipinski definition) is 4. The molecule has 0 radical (unpaired) electrons. The Bertz CT molecular complexity index is 410. The summed E-state index contributed by atoms with van der Waals surface area (Å²) in [6.45, 7) is 0. The van der Waals surface area contributed by atoms with Gasteiger partial charge < -0.3 is 15.3 Å². The van der Waals surface area contributed by atoms with Crippen LogP contribution in [0.15, 0.2) is 18.2 Å². The van der Waals surface area contributed by atoms with Gasteiger partial charge in [0.1, 0.15) is 11.9 Å². The van der Waals surface area contributed by atoms with Gasteiger partial charge in [-0.2, -0.15) is 12.6 Å². The van der Waals surface area contributed by atoms with Gasteiger partial charge in [-0.15, -0.1) is 0 Å². The highest BCUT2D eigenvalue weighted by Gasteiger charge is 2.23. The molecule has 2 unspecified atom stereocenters. The Labute approximate surface area is 103 Å². The highest BCUT2D eigenvalue weighted by Crippen LogP contribution is 2.24. The van der Waals surface area contributed by atoms with Crippen LogP contribution in [0, 0.1) is 5.82 Å². The van der Waals surface area contributed by atoms with Crippen molar-refractivity contribution in [3.05, 3.63) is 35.1 Å². The van der Waals surface area contributed by atoms with Crippen LogP contribution in [0.5, 0.6) is 0 Å². The summed E-state index contributed by atoms with van der Waals surface area (Å²) in [4.78, 5) is 10.9. The number of hydrogen-bond acceptors (Lipinski definition) is 4. The van der Waals surface area contributed by atoms with Crippen LogP contribution in [0.4, 0.5) is 4.39 Å². The molecule has 0 aliphatic carbocycles. The standard InChI is InChI=1S/C11H13FO4S/c12-6-1-2-7(8(5-6)11(15)16)10(14)9(13)3-4-17/h1-2,5,9-10,13-14,17H,3-4H2,(H,15,16). The van der Waals surface area contributed by atoms with E-state index in [-0.39, 0.29) is 17.5 Å². The molecule has 4 nitrogen and oxygen atoms in total. The third-order valence-electron chi connectivity index (χ3n) is 2.35. The van der Waals surface area contributed by atoms with Gasteiger partial charge in [0, 0.05) is 0 Å². The van der Waals surface area contributed by atoms with Gasteiger partial charge in [-0.3, -0.25) is 0 Å². The molecule has 1 rings (SSSR count). The minimum atomic E-state index is -1.37. The number of benzene rings is 1. The fraction of sp³-hybridized carbons (Fsp3) is 0.364. The van der Waals surface area contributed by atoms with Crippen LogP contribution >= 0.6 is 12.6 Å². The molecular formula is C11H13FO4S. The fourth-order valence-corrected chi connectivity index (χ4v) is 1.73. The van der Waals surface area contributed by atoms with Gasteiger partial charge in [0.25, 0.3) is 0 Å². The highest BCUT2D eigenvalue weighted by molar-refractivity contribution is 7.80. The fourth-order valence-electron chi connectivity index (χ4n) is 1.47. The average Bonchev–Trinajstić information content (AvgIpc) is 2.28. The highest BCUT2D eigenvalue weighted by atomic mass is 32.1. The Morgan fingerprint density at radius 2 is 2.06 bits per heavy atom. The first kappa shape index (κ1) is 14.0. The van der Waals surface area contributed by atoms with Crippen molar-refractivity contribution in [2.24, 2.45) is 0 Å². The number of rotatable bonds is 5. The molecular weight excluding hydrogens is 247 g/mol. The molecule has 0 aliphatic rings. The minimum Gasteiger partial charge on any atom is -0.478 e. The van der Waals surface area contributed by atoms with E-state index in [1.54, 1.807) is 0 Å². The predicted molar refractivity (Wildman–Crippen MR) is 62.8 cm³/mol. The molecule has 3 N–H and O–H groups in total. The molecule has 1 aromatic rings. The third-order valence-corrected chi connectivity index (χ3v) is 2.61. The third kappa shape index (κ3) is 3.42. The summed E-state index contributed by atoms with van der Waals surface area (Å²) >= 11 is 3.90. The van der Waals surface area contributed by atoms with Crippen molar-refractivity contribution in [3.63, 3.8) is 0 Å². The zero-order chi connectivity index (χ0) is 13.0. The molecule has 6 heteroatoms. The maximum absolute atomic E-state index is 12.9. The number of aliphatic hydroxyl groups is 2. The first-order chi connectivity index (χ1) is 7.97. The number of carboxylic acid groups (broad SMARTS) is 1. The van der Waals surface area contributed by atoms with Crippen LogP contribution in [0.2, 0.25) is 0 Å².